The van der Waals surface area contributed by atoms with Crippen LogP contribution in [0.5, 0.6) is 0 Å². The van der Waals surface area contributed by atoms with Crippen LogP contribution in [0.4, 0.5) is 0 Å². The first-order chi connectivity index (χ1) is 8.09. The lowest BCUT2D eigenvalue weighted by molar-refractivity contribution is 0.0986. The third-order valence-electron chi connectivity index (χ3n) is 2.49. The molecule has 0 saturated carbocycles. The standard InChI is InChI=1S/C14H12O3/c1-9(15)12-8-13(10(2)16)17-14(12)11-6-4-3-5-7-11/h3-8H,1-2H3. The van der Waals surface area contributed by atoms with Crippen molar-refractivity contribution in [1.29, 1.82) is 0 Å². The van der Waals surface area contributed by atoms with Crippen LogP contribution in [-0.4, -0.2) is 11.6 Å². The monoisotopic (exact) mass is 228 g/mol. The van der Waals surface area contributed by atoms with E-state index in [4.69, 9.17) is 4.42 Å². The molecule has 1 heterocycles. The largest absolute Gasteiger partial charge is 0.452 e. The lowest BCUT2D eigenvalue weighted by Crippen LogP contribution is -1.92. The molecule has 0 aliphatic heterocycles. The molecule has 0 spiro atoms. The van der Waals surface area contributed by atoms with Gasteiger partial charge in [-0.15, -0.1) is 0 Å². The molecule has 3 heteroatoms. The van der Waals surface area contributed by atoms with Crippen molar-refractivity contribution in [1.82, 2.24) is 0 Å². The molecule has 0 amide bonds. The first kappa shape index (κ1) is 11.3. The maximum absolute atomic E-state index is 11.5. The molecule has 0 radical (unpaired) electrons. The highest BCUT2D eigenvalue weighted by Crippen LogP contribution is 2.27. The van der Waals surface area contributed by atoms with Crippen LogP contribution in [0.15, 0.2) is 40.8 Å². The minimum absolute atomic E-state index is 0.111. The summed E-state index contributed by atoms with van der Waals surface area (Å²) in [6.45, 7) is 2.87. The van der Waals surface area contributed by atoms with Crippen LogP contribution in [0, 0.1) is 0 Å². The lowest BCUT2D eigenvalue weighted by Gasteiger charge is -1.98. The topological polar surface area (TPSA) is 47.3 Å². The first-order valence-electron chi connectivity index (χ1n) is 5.30. The number of hydrogen-bond donors (Lipinski definition) is 0. The molecule has 2 rings (SSSR count). The maximum atomic E-state index is 11.5. The second-order valence-corrected chi connectivity index (χ2v) is 3.83. The van der Waals surface area contributed by atoms with Crippen molar-refractivity contribution >= 4 is 11.6 Å². The highest BCUT2D eigenvalue weighted by molar-refractivity contribution is 6.02. The van der Waals surface area contributed by atoms with Gasteiger partial charge in [0, 0.05) is 12.5 Å². The van der Waals surface area contributed by atoms with E-state index in [0.717, 1.165) is 5.56 Å². The van der Waals surface area contributed by atoms with Gasteiger partial charge in [-0.2, -0.15) is 0 Å². The molecule has 0 atom stereocenters. The number of Topliss-reactive ketones (excluding diaryl/α,β-unsaturated/α-hetero) is 2. The quantitative estimate of drug-likeness (QED) is 0.757. The Morgan fingerprint density at radius 2 is 1.65 bits per heavy atom. The zero-order valence-electron chi connectivity index (χ0n) is 9.69. The average molecular weight is 228 g/mol. The predicted octanol–water partition coefficient (Wildman–Crippen LogP) is 3.35. The van der Waals surface area contributed by atoms with Gasteiger partial charge in [-0.25, -0.2) is 0 Å². The number of hydrogen-bond acceptors (Lipinski definition) is 3. The zero-order chi connectivity index (χ0) is 12.4. The minimum Gasteiger partial charge on any atom is -0.452 e. The Morgan fingerprint density at radius 1 is 1.00 bits per heavy atom. The Hall–Kier alpha value is -2.16. The van der Waals surface area contributed by atoms with E-state index in [9.17, 15) is 9.59 Å². The van der Waals surface area contributed by atoms with E-state index in [1.807, 2.05) is 30.3 Å². The van der Waals surface area contributed by atoms with E-state index in [1.165, 1.54) is 19.9 Å². The molecule has 1 aromatic heterocycles. The van der Waals surface area contributed by atoms with E-state index < -0.39 is 0 Å². The summed E-state index contributed by atoms with van der Waals surface area (Å²) in [5.41, 5.74) is 1.24. The molecule has 0 fully saturated rings. The Kier molecular flexibility index (Phi) is 2.91. The lowest BCUT2D eigenvalue weighted by atomic mass is 10.1. The average Bonchev–Trinajstić information content (AvgIpc) is 2.75. The Balaban J connectivity index is 2.60. The van der Waals surface area contributed by atoms with Gasteiger partial charge in [0.25, 0.3) is 0 Å². The van der Waals surface area contributed by atoms with Gasteiger partial charge in [-0.3, -0.25) is 9.59 Å². The second kappa shape index (κ2) is 4.37. The Labute approximate surface area is 99.1 Å². The van der Waals surface area contributed by atoms with Crippen molar-refractivity contribution in [2.24, 2.45) is 0 Å². The molecular formula is C14H12O3. The third kappa shape index (κ3) is 2.18. The van der Waals surface area contributed by atoms with E-state index in [0.29, 0.717) is 11.3 Å². The molecule has 0 N–H and O–H groups in total. The van der Waals surface area contributed by atoms with Gasteiger partial charge < -0.3 is 4.42 Å². The normalized spacial score (nSPS) is 10.2. The van der Waals surface area contributed by atoms with Gasteiger partial charge >= 0.3 is 0 Å². The van der Waals surface area contributed by atoms with Crippen LogP contribution >= 0.6 is 0 Å². The van der Waals surface area contributed by atoms with Gasteiger partial charge in [0.15, 0.2) is 17.3 Å². The number of rotatable bonds is 3. The maximum Gasteiger partial charge on any atom is 0.194 e. The summed E-state index contributed by atoms with van der Waals surface area (Å²) < 4.78 is 5.45. The summed E-state index contributed by atoms with van der Waals surface area (Å²) in [6.07, 6.45) is 0. The molecule has 3 nitrogen and oxygen atoms in total. The smallest absolute Gasteiger partial charge is 0.194 e. The van der Waals surface area contributed by atoms with Crippen LogP contribution in [0.2, 0.25) is 0 Å². The molecular weight excluding hydrogens is 216 g/mol. The summed E-state index contributed by atoms with van der Waals surface area (Å²) in [4.78, 5) is 22.8. The summed E-state index contributed by atoms with van der Waals surface area (Å²) in [6, 6.07) is 10.8. The molecule has 0 aliphatic carbocycles. The third-order valence-corrected chi connectivity index (χ3v) is 2.49. The summed E-state index contributed by atoms with van der Waals surface area (Å²) in [7, 11) is 0. The molecule has 0 saturated heterocycles. The molecule has 0 unspecified atom stereocenters. The van der Waals surface area contributed by atoms with Crippen molar-refractivity contribution in [2.45, 2.75) is 13.8 Å². The van der Waals surface area contributed by atoms with Crippen LogP contribution in [0.25, 0.3) is 11.3 Å². The van der Waals surface area contributed by atoms with Crippen LogP contribution in [0.3, 0.4) is 0 Å². The van der Waals surface area contributed by atoms with Gasteiger partial charge in [0.1, 0.15) is 5.76 Å². The van der Waals surface area contributed by atoms with Crippen molar-refractivity contribution in [2.75, 3.05) is 0 Å². The van der Waals surface area contributed by atoms with Crippen molar-refractivity contribution in [3.05, 3.63) is 47.7 Å². The number of ketones is 2. The molecule has 1 aromatic carbocycles. The summed E-state index contributed by atoms with van der Waals surface area (Å²) in [5.74, 6) is 0.382. The molecule has 0 bridgehead atoms. The van der Waals surface area contributed by atoms with Gasteiger partial charge in [0.05, 0.1) is 5.56 Å². The fourth-order valence-electron chi connectivity index (χ4n) is 1.63. The summed E-state index contributed by atoms with van der Waals surface area (Å²) >= 11 is 0. The van der Waals surface area contributed by atoms with Crippen LogP contribution in [-0.2, 0) is 0 Å². The van der Waals surface area contributed by atoms with Crippen molar-refractivity contribution < 1.29 is 14.0 Å². The number of carbonyl (C=O) groups is 2. The Morgan fingerprint density at radius 3 is 2.18 bits per heavy atom. The van der Waals surface area contributed by atoms with Crippen molar-refractivity contribution in [3.8, 4) is 11.3 Å². The van der Waals surface area contributed by atoms with Gasteiger partial charge in [0.2, 0.25) is 0 Å². The van der Waals surface area contributed by atoms with Gasteiger partial charge in [-0.05, 0) is 13.0 Å². The second-order valence-electron chi connectivity index (χ2n) is 3.83. The highest BCUT2D eigenvalue weighted by Gasteiger charge is 2.18. The van der Waals surface area contributed by atoms with Crippen LogP contribution < -0.4 is 0 Å². The van der Waals surface area contributed by atoms with Gasteiger partial charge in [-0.1, -0.05) is 30.3 Å². The molecule has 17 heavy (non-hydrogen) atoms. The van der Waals surface area contributed by atoms with Crippen LogP contribution in [0.1, 0.15) is 34.8 Å². The molecule has 86 valence electrons. The van der Waals surface area contributed by atoms with Crippen molar-refractivity contribution in [3.63, 3.8) is 0 Å². The first-order valence-corrected chi connectivity index (χ1v) is 5.30. The summed E-state index contributed by atoms with van der Waals surface area (Å²) in [5, 5.41) is 0. The fourth-order valence-corrected chi connectivity index (χ4v) is 1.63. The van der Waals surface area contributed by atoms with E-state index in [-0.39, 0.29) is 17.3 Å². The number of benzene rings is 1. The predicted molar refractivity (Wildman–Crippen MR) is 64.2 cm³/mol. The van der Waals surface area contributed by atoms with E-state index in [2.05, 4.69) is 0 Å². The molecule has 2 aromatic rings. The SMILES string of the molecule is CC(=O)c1cc(C(C)=O)c(-c2ccccc2)o1. The van der Waals surface area contributed by atoms with E-state index in [1.54, 1.807) is 0 Å². The number of furan rings is 1. The van der Waals surface area contributed by atoms with E-state index >= 15 is 0 Å². The number of carbonyl (C=O) groups excluding carboxylic acids is 2. The zero-order valence-corrected chi connectivity index (χ0v) is 9.69. The Bertz CT molecular complexity index is 564. The minimum atomic E-state index is -0.185. The fraction of sp³-hybridized carbons (Fsp3) is 0.143. The highest BCUT2D eigenvalue weighted by atomic mass is 16.3. The molecule has 0 aliphatic rings.